The lowest BCUT2D eigenvalue weighted by Crippen LogP contribution is -2.10. The normalized spacial score (nSPS) is 10.2. The second kappa shape index (κ2) is 7.40. The molecule has 0 heterocycles. The highest BCUT2D eigenvalue weighted by atomic mass is 16.5. The third-order valence-electron chi connectivity index (χ3n) is 3.39. The maximum Gasteiger partial charge on any atom is 0.343 e. The zero-order valence-corrected chi connectivity index (χ0v) is 13.5. The molecule has 0 saturated carbocycles. The molecule has 6 nitrogen and oxygen atoms in total. The van der Waals surface area contributed by atoms with Crippen molar-refractivity contribution in [3.05, 3.63) is 83.9 Å². The molecule has 3 aromatic rings. The molecule has 3 rings (SSSR count). The summed E-state index contributed by atoms with van der Waals surface area (Å²) in [6, 6.07) is 17.6. The summed E-state index contributed by atoms with van der Waals surface area (Å²) in [5, 5.41) is 18.8. The Kier molecular flexibility index (Phi) is 4.85. The standard InChI is InChI=1S/C20H14O6/c21-15-6-1-4-13(10-15)19(23)25-17-8-3-9-18(12-17)26-20(24)14-5-2-7-16(22)11-14/h1-12,21-22H. The molecule has 0 spiro atoms. The fourth-order valence-corrected chi connectivity index (χ4v) is 2.20. The number of hydrogen-bond donors (Lipinski definition) is 2. The Balaban J connectivity index is 1.72. The number of phenolic OH excluding ortho intramolecular Hbond substituents is 2. The summed E-state index contributed by atoms with van der Waals surface area (Å²) in [7, 11) is 0. The number of hydrogen-bond acceptors (Lipinski definition) is 6. The van der Waals surface area contributed by atoms with Gasteiger partial charge in [-0.2, -0.15) is 0 Å². The third kappa shape index (κ3) is 4.18. The van der Waals surface area contributed by atoms with E-state index in [1.807, 2.05) is 0 Å². The summed E-state index contributed by atoms with van der Waals surface area (Å²) in [5.41, 5.74) is 0.374. The SMILES string of the molecule is O=C(Oc1cccc(OC(=O)c2cccc(O)c2)c1)c1cccc(O)c1. The zero-order chi connectivity index (χ0) is 18.5. The largest absolute Gasteiger partial charge is 0.508 e. The molecule has 0 bridgehead atoms. The van der Waals surface area contributed by atoms with Gasteiger partial charge in [0.1, 0.15) is 23.0 Å². The lowest BCUT2D eigenvalue weighted by Gasteiger charge is -2.08. The van der Waals surface area contributed by atoms with E-state index in [1.165, 1.54) is 66.7 Å². The van der Waals surface area contributed by atoms with E-state index in [9.17, 15) is 19.8 Å². The van der Waals surface area contributed by atoms with Gasteiger partial charge in [-0.05, 0) is 48.5 Å². The summed E-state index contributed by atoms with van der Waals surface area (Å²) in [6.07, 6.45) is 0. The molecule has 130 valence electrons. The summed E-state index contributed by atoms with van der Waals surface area (Å²) >= 11 is 0. The number of phenols is 2. The quantitative estimate of drug-likeness (QED) is 0.552. The summed E-state index contributed by atoms with van der Waals surface area (Å²) in [4.78, 5) is 24.2. The van der Waals surface area contributed by atoms with Gasteiger partial charge in [0.15, 0.2) is 0 Å². The first-order valence-electron chi connectivity index (χ1n) is 7.64. The van der Waals surface area contributed by atoms with Gasteiger partial charge in [0, 0.05) is 6.07 Å². The maximum atomic E-state index is 12.1. The first kappa shape index (κ1) is 17.0. The zero-order valence-electron chi connectivity index (χ0n) is 13.5. The van der Waals surface area contributed by atoms with Crippen molar-refractivity contribution in [3.63, 3.8) is 0 Å². The molecule has 6 heteroatoms. The Morgan fingerprint density at radius 1 is 0.615 bits per heavy atom. The van der Waals surface area contributed by atoms with Crippen LogP contribution in [-0.4, -0.2) is 22.2 Å². The van der Waals surface area contributed by atoms with E-state index >= 15 is 0 Å². The first-order valence-corrected chi connectivity index (χ1v) is 7.64. The second-order valence-electron chi connectivity index (χ2n) is 5.35. The van der Waals surface area contributed by atoms with Crippen molar-refractivity contribution in [3.8, 4) is 23.0 Å². The van der Waals surface area contributed by atoms with E-state index in [4.69, 9.17) is 9.47 Å². The molecule has 2 N–H and O–H groups in total. The fourth-order valence-electron chi connectivity index (χ4n) is 2.20. The first-order chi connectivity index (χ1) is 12.5. The molecule has 0 saturated heterocycles. The highest BCUT2D eigenvalue weighted by Crippen LogP contribution is 2.22. The molecule has 0 radical (unpaired) electrons. The Labute approximate surface area is 148 Å². The molecule has 0 fully saturated rings. The van der Waals surface area contributed by atoms with Gasteiger partial charge >= 0.3 is 11.9 Å². The summed E-state index contributed by atoms with van der Waals surface area (Å²) in [5.74, 6) is -1.05. The van der Waals surface area contributed by atoms with Crippen molar-refractivity contribution in [2.45, 2.75) is 0 Å². The van der Waals surface area contributed by atoms with Crippen molar-refractivity contribution in [2.24, 2.45) is 0 Å². The number of ether oxygens (including phenoxy) is 2. The van der Waals surface area contributed by atoms with Crippen LogP contribution in [0.3, 0.4) is 0 Å². The van der Waals surface area contributed by atoms with Crippen LogP contribution < -0.4 is 9.47 Å². The number of esters is 2. The lowest BCUT2D eigenvalue weighted by molar-refractivity contribution is 0.0732. The van der Waals surface area contributed by atoms with Gasteiger partial charge in [-0.1, -0.05) is 18.2 Å². The third-order valence-corrected chi connectivity index (χ3v) is 3.39. The lowest BCUT2D eigenvalue weighted by atomic mass is 10.2. The van der Waals surface area contributed by atoms with Crippen molar-refractivity contribution in [2.75, 3.05) is 0 Å². The van der Waals surface area contributed by atoms with Gasteiger partial charge in [0.25, 0.3) is 0 Å². The molecular formula is C20H14O6. The van der Waals surface area contributed by atoms with Crippen LogP contribution in [0.25, 0.3) is 0 Å². The van der Waals surface area contributed by atoms with E-state index in [1.54, 1.807) is 6.07 Å². The highest BCUT2D eigenvalue weighted by Gasteiger charge is 2.12. The molecule has 26 heavy (non-hydrogen) atoms. The molecule has 0 atom stereocenters. The molecule has 0 aromatic heterocycles. The van der Waals surface area contributed by atoms with E-state index in [0.29, 0.717) is 0 Å². The molecular weight excluding hydrogens is 336 g/mol. The van der Waals surface area contributed by atoms with Crippen LogP contribution in [0, 0.1) is 0 Å². The van der Waals surface area contributed by atoms with Gasteiger partial charge in [-0.15, -0.1) is 0 Å². The Hall–Kier alpha value is -3.80. The molecule has 0 aliphatic carbocycles. The maximum absolute atomic E-state index is 12.1. The van der Waals surface area contributed by atoms with Crippen molar-refractivity contribution in [1.29, 1.82) is 0 Å². The summed E-state index contributed by atoms with van der Waals surface area (Å²) in [6.45, 7) is 0. The molecule has 3 aromatic carbocycles. The van der Waals surface area contributed by atoms with Crippen LogP contribution in [-0.2, 0) is 0 Å². The van der Waals surface area contributed by atoms with Crippen LogP contribution in [0.2, 0.25) is 0 Å². The number of carbonyl (C=O) groups is 2. The number of rotatable bonds is 4. The predicted octanol–water partition coefficient (Wildman–Crippen LogP) is 3.54. The monoisotopic (exact) mass is 350 g/mol. The van der Waals surface area contributed by atoms with E-state index in [2.05, 4.69) is 0 Å². The van der Waals surface area contributed by atoms with E-state index in [-0.39, 0.29) is 34.1 Å². The molecule has 0 aliphatic heterocycles. The highest BCUT2D eigenvalue weighted by molar-refractivity contribution is 5.92. The Bertz CT molecular complexity index is 889. The van der Waals surface area contributed by atoms with Crippen molar-refractivity contribution >= 4 is 11.9 Å². The Morgan fingerprint density at radius 2 is 1.04 bits per heavy atom. The molecule has 0 amide bonds. The number of carbonyl (C=O) groups excluding carboxylic acids is 2. The van der Waals surface area contributed by atoms with Gasteiger partial charge in [-0.25, -0.2) is 9.59 Å². The van der Waals surface area contributed by atoms with Gasteiger partial charge in [0.2, 0.25) is 0 Å². The molecule has 0 unspecified atom stereocenters. The number of aromatic hydroxyl groups is 2. The average Bonchev–Trinajstić information content (AvgIpc) is 2.62. The fraction of sp³-hybridized carbons (Fsp3) is 0. The minimum Gasteiger partial charge on any atom is -0.508 e. The Morgan fingerprint density at radius 3 is 1.46 bits per heavy atom. The predicted molar refractivity (Wildman–Crippen MR) is 92.6 cm³/mol. The minimum absolute atomic E-state index is 0.0479. The molecule has 0 aliphatic rings. The minimum atomic E-state index is -0.655. The van der Waals surface area contributed by atoms with Gasteiger partial charge in [-0.3, -0.25) is 0 Å². The van der Waals surface area contributed by atoms with Crippen LogP contribution in [0.1, 0.15) is 20.7 Å². The van der Waals surface area contributed by atoms with Crippen LogP contribution in [0.15, 0.2) is 72.8 Å². The average molecular weight is 350 g/mol. The van der Waals surface area contributed by atoms with Crippen molar-refractivity contribution in [1.82, 2.24) is 0 Å². The van der Waals surface area contributed by atoms with Crippen LogP contribution >= 0.6 is 0 Å². The second-order valence-corrected chi connectivity index (χ2v) is 5.35. The number of benzene rings is 3. The van der Waals surface area contributed by atoms with Gasteiger partial charge < -0.3 is 19.7 Å². The van der Waals surface area contributed by atoms with Crippen LogP contribution in [0.4, 0.5) is 0 Å². The smallest absolute Gasteiger partial charge is 0.343 e. The van der Waals surface area contributed by atoms with Crippen LogP contribution in [0.5, 0.6) is 23.0 Å². The van der Waals surface area contributed by atoms with E-state index in [0.717, 1.165) is 0 Å². The van der Waals surface area contributed by atoms with Gasteiger partial charge in [0.05, 0.1) is 11.1 Å². The summed E-state index contributed by atoms with van der Waals surface area (Å²) < 4.78 is 10.4. The topological polar surface area (TPSA) is 93.1 Å². The van der Waals surface area contributed by atoms with Crippen molar-refractivity contribution < 1.29 is 29.3 Å². The van der Waals surface area contributed by atoms with E-state index < -0.39 is 11.9 Å².